The Labute approximate surface area is 98.6 Å². The molecule has 1 atom stereocenters. The monoisotopic (exact) mass is 233 g/mol. The first-order valence-corrected chi connectivity index (χ1v) is 5.56. The highest BCUT2D eigenvalue weighted by atomic mass is 16.2. The lowest BCUT2D eigenvalue weighted by Crippen LogP contribution is -2.32. The van der Waals surface area contributed by atoms with E-state index in [2.05, 4.69) is 10.4 Å². The molecule has 90 valence electrons. The summed E-state index contributed by atoms with van der Waals surface area (Å²) in [4.78, 5) is 12.0. The van der Waals surface area contributed by atoms with Gasteiger partial charge in [0.1, 0.15) is 0 Å². The average molecular weight is 233 g/mol. The molecule has 0 amide bonds. The van der Waals surface area contributed by atoms with Crippen LogP contribution >= 0.6 is 0 Å². The molecule has 1 heterocycles. The van der Waals surface area contributed by atoms with Gasteiger partial charge in [-0.15, -0.1) is 0 Å². The number of para-hydroxylation sites is 1. The molecule has 0 spiro atoms. The van der Waals surface area contributed by atoms with Crippen LogP contribution in [0.25, 0.3) is 5.69 Å². The molecule has 1 aromatic heterocycles. The Morgan fingerprint density at radius 2 is 2.00 bits per heavy atom. The number of rotatable bonds is 4. The van der Waals surface area contributed by atoms with Gasteiger partial charge in [0.15, 0.2) is 0 Å². The third-order valence-electron chi connectivity index (χ3n) is 2.57. The van der Waals surface area contributed by atoms with Crippen molar-refractivity contribution in [3.05, 3.63) is 40.8 Å². The van der Waals surface area contributed by atoms with Gasteiger partial charge in [-0.05, 0) is 29.0 Å². The van der Waals surface area contributed by atoms with Gasteiger partial charge in [0.25, 0.3) is 0 Å². The van der Waals surface area contributed by atoms with E-state index in [0.29, 0.717) is 12.2 Å². The zero-order valence-corrected chi connectivity index (χ0v) is 9.65. The fourth-order valence-electron chi connectivity index (χ4n) is 1.47. The van der Waals surface area contributed by atoms with Crippen LogP contribution in [0.15, 0.2) is 35.1 Å². The average Bonchev–Trinajstić information content (AvgIpc) is 2.72. The van der Waals surface area contributed by atoms with Crippen LogP contribution in [0, 0.1) is 0 Å². The van der Waals surface area contributed by atoms with E-state index in [1.165, 1.54) is 9.36 Å². The van der Waals surface area contributed by atoms with Crippen LogP contribution < -0.4 is 11.4 Å². The van der Waals surface area contributed by atoms with Crippen LogP contribution in [0.1, 0.15) is 13.3 Å². The molecule has 0 aliphatic heterocycles. The fraction of sp³-hybridized carbons (Fsp3) is 0.364. The van der Waals surface area contributed by atoms with Gasteiger partial charge in [-0.25, -0.2) is 4.79 Å². The first kappa shape index (κ1) is 11.5. The molecule has 0 aliphatic carbocycles. The molecule has 17 heavy (non-hydrogen) atoms. The van der Waals surface area contributed by atoms with Gasteiger partial charge in [0, 0.05) is 6.04 Å². The molecule has 0 aliphatic rings. The van der Waals surface area contributed by atoms with E-state index in [1.54, 1.807) is 12.1 Å². The van der Waals surface area contributed by atoms with Crippen molar-refractivity contribution in [2.24, 2.45) is 5.73 Å². The molecule has 2 rings (SSSR count). The lowest BCUT2D eigenvalue weighted by molar-refractivity contribution is 0.479. The Kier molecular flexibility index (Phi) is 3.34. The Morgan fingerprint density at radius 3 is 2.65 bits per heavy atom. The molecular formula is C11H15N5O. The Morgan fingerprint density at radius 1 is 1.29 bits per heavy atom. The molecule has 0 saturated heterocycles. The minimum Gasteiger partial charge on any atom is -0.326 e. The third-order valence-corrected chi connectivity index (χ3v) is 2.57. The van der Waals surface area contributed by atoms with E-state index < -0.39 is 0 Å². The zero-order valence-electron chi connectivity index (χ0n) is 9.65. The molecule has 2 N–H and O–H groups in total. The van der Waals surface area contributed by atoms with Crippen molar-refractivity contribution in [2.75, 3.05) is 0 Å². The summed E-state index contributed by atoms with van der Waals surface area (Å²) in [6.07, 6.45) is 0.796. The molecule has 6 nitrogen and oxygen atoms in total. The highest BCUT2D eigenvalue weighted by Gasteiger charge is 2.10. The Bertz CT molecular complexity index is 530. The second kappa shape index (κ2) is 4.92. The lowest BCUT2D eigenvalue weighted by atomic mass is 10.2. The van der Waals surface area contributed by atoms with Crippen molar-refractivity contribution in [3.63, 3.8) is 0 Å². The Hall–Kier alpha value is -1.95. The van der Waals surface area contributed by atoms with E-state index >= 15 is 0 Å². The second-order valence-corrected chi connectivity index (χ2v) is 3.86. The van der Waals surface area contributed by atoms with Gasteiger partial charge < -0.3 is 5.73 Å². The molecule has 1 aromatic carbocycles. The van der Waals surface area contributed by atoms with E-state index in [4.69, 9.17) is 5.73 Å². The summed E-state index contributed by atoms with van der Waals surface area (Å²) in [5.74, 6) is 0. The second-order valence-electron chi connectivity index (χ2n) is 3.86. The van der Waals surface area contributed by atoms with Crippen LogP contribution in [0.3, 0.4) is 0 Å². The summed E-state index contributed by atoms with van der Waals surface area (Å²) in [7, 11) is 0. The maximum absolute atomic E-state index is 12.0. The zero-order chi connectivity index (χ0) is 12.3. The maximum atomic E-state index is 12.0. The van der Waals surface area contributed by atoms with Crippen LogP contribution in [-0.2, 0) is 6.54 Å². The molecule has 6 heteroatoms. The minimum absolute atomic E-state index is 0.0753. The van der Waals surface area contributed by atoms with Gasteiger partial charge in [0.05, 0.1) is 12.2 Å². The van der Waals surface area contributed by atoms with Crippen LogP contribution in [0.5, 0.6) is 0 Å². The summed E-state index contributed by atoms with van der Waals surface area (Å²) in [5, 5.41) is 7.65. The number of nitrogens with zero attached hydrogens (tertiary/aromatic N) is 4. The predicted molar refractivity (Wildman–Crippen MR) is 63.9 cm³/mol. The molecule has 0 bridgehead atoms. The molecule has 0 saturated carbocycles. The van der Waals surface area contributed by atoms with Crippen LogP contribution in [0.4, 0.5) is 0 Å². The number of benzene rings is 1. The molecule has 0 fully saturated rings. The minimum atomic E-state index is -0.264. The highest BCUT2D eigenvalue weighted by Crippen LogP contribution is 2.00. The van der Waals surface area contributed by atoms with Gasteiger partial charge in [-0.3, -0.25) is 0 Å². The quantitative estimate of drug-likeness (QED) is 0.816. The van der Waals surface area contributed by atoms with E-state index in [-0.39, 0.29) is 11.7 Å². The predicted octanol–water partition coefficient (Wildman–Crippen LogP) is 0.166. The molecular weight excluding hydrogens is 218 g/mol. The number of tetrazole rings is 1. The largest absolute Gasteiger partial charge is 0.368 e. The standard InChI is InChI=1S/C11H15N5O/c1-2-9(12)8-15-11(17)16(14-13-15)10-6-4-3-5-7-10/h3-7,9H,2,8,12H2,1H3. The topological polar surface area (TPSA) is 78.7 Å². The van der Waals surface area contributed by atoms with Crippen molar-refractivity contribution >= 4 is 0 Å². The number of aromatic nitrogens is 4. The van der Waals surface area contributed by atoms with E-state index in [0.717, 1.165) is 6.42 Å². The van der Waals surface area contributed by atoms with E-state index in [9.17, 15) is 4.79 Å². The van der Waals surface area contributed by atoms with Crippen LogP contribution in [-0.4, -0.2) is 25.8 Å². The summed E-state index contributed by atoms with van der Waals surface area (Å²) < 4.78 is 2.56. The van der Waals surface area contributed by atoms with Crippen molar-refractivity contribution in [2.45, 2.75) is 25.9 Å². The van der Waals surface area contributed by atoms with E-state index in [1.807, 2.05) is 25.1 Å². The molecule has 0 radical (unpaired) electrons. The number of hydrogen-bond acceptors (Lipinski definition) is 4. The SMILES string of the molecule is CCC(N)Cn1nnn(-c2ccccc2)c1=O. The number of hydrogen-bond donors (Lipinski definition) is 1. The van der Waals surface area contributed by atoms with Gasteiger partial charge >= 0.3 is 5.69 Å². The van der Waals surface area contributed by atoms with Crippen molar-refractivity contribution < 1.29 is 0 Å². The Balaban J connectivity index is 2.31. The highest BCUT2D eigenvalue weighted by molar-refractivity contribution is 5.28. The third kappa shape index (κ3) is 2.42. The summed E-state index contributed by atoms with van der Waals surface area (Å²) in [6, 6.07) is 9.11. The summed E-state index contributed by atoms with van der Waals surface area (Å²) >= 11 is 0. The van der Waals surface area contributed by atoms with Crippen molar-refractivity contribution in [1.82, 2.24) is 19.8 Å². The summed E-state index contributed by atoms with van der Waals surface area (Å²) in [5.41, 5.74) is 6.22. The summed E-state index contributed by atoms with van der Waals surface area (Å²) in [6.45, 7) is 2.36. The fourth-order valence-corrected chi connectivity index (χ4v) is 1.47. The van der Waals surface area contributed by atoms with Crippen molar-refractivity contribution in [1.29, 1.82) is 0 Å². The first-order valence-electron chi connectivity index (χ1n) is 5.56. The normalized spacial score (nSPS) is 12.6. The van der Waals surface area contributed by atoms with Crippen LogP contribution in [0.2, 0.25) is 0 Å². The lowest BCUT2D eigenvalue weighted by Gasteiger charge is -2.05. The van der Waals surface area contributed by atoms with Crippen molar-refractivity contribution in [3.8, 4) is 5.69 Å². The maximum Gasteiger partial charge on any atom is 0.368 e. The van der Waals surface area contributed by atoms with Gasteiger partial charge in [-0.2, -0.15) is 9.36 Å². The molecule has 1 unspecified atom stereocenters. The molecule has 2 aromatic rings. The van der Waals surface area contributed by atoms with Gasteiger partial charge in [-0.1, -0.05) is 25.1 Å². The van der Waals surface area contributed by atoms with Gasteiger partial charge in [0.2, 0.25) is 0 Å². The number of nitrogens with two attached hydrogens (primary N) is 1. The smallest absolute Gasteiger partial charge is 0.326 e. The first-order chi connectivity index (χ1) is 8.22.